The summed E-state index contributed by atoms with van der Waals surface area (Å²) in [7, 11) is 3.12. The monoisotopic (exact) mass is 510 g/mol. The molecule has 5 nitrogen and oxygen atoms in total. The van der Waals surface area contributed by atoms with Crippen LogP contribution in [0.2, 0.25) is 0 Å². The number of rotatable bonds is 10. The van der Waals surface area contributed by atoms with Crippen molar-refractivity contribution in [1.82, 2.24) is 0 Å². The summed E-state index contributed by atoms with van der Waals surface area (Å²) in [5.74, 6) is 1.23. The molecule has 0 aliphatic carbocycles. The number of hydrogen-bond acceptors (Lipinski definition) is 5. The Balaban J connectivity index is 1.97. The van der Waals surface area contributed by atoms with Crippen LogP contribution in [-0.2, 0) is 14.3 Å². The van der Waals surface area contributed by atoms with Crippen molar-refractivity contribution in [2.24, 2.45) is 0 Å². The van der Waals surface area contributed by atoms with Gasteiger partial charge in [-0.25, -0.2) is 0 Å². The normalized spacial score (nSPS) is 11.3. The first kappa shape index (κ1) is 22.4. The molecule has 0 N–H and O–H groups in total. The van der Waals surface area contributed by atoms with Crippen LogP contribution < -0.4 is 9.47 Å². The molecular weight excluding hydrogens is 492 g/mol. The van der Waals surface area contributed by atoms with Crippen molar-refractivity contribution in [3.05, 3.63) is 68.6 Å². The summed E-state index contributed by atoms with van der Waals surface area (Å²) in [5, 5.41) is 0. The number of ketones is 1. The minimum atomic E-state index is -0.119. The Morgan fingerprint density at radius 3 is 1.61 bits per heavy atom. The first-order valence-corrected chi connectivity index (χ1v) is 9.84. The van der Waals surface area contributed by atoms with Crippen molar-refractivity contribution in [1.29, 1.82) is 0 Å². The van der Waals surface area contributed by atoms with Gasteiger partial charge in [-0.05, 0) is 79.4 Å². The van der Waals surface area contributed by atoms with Crippen LogP contribution in [0.4, 0.5) is 0 Å². The molecule has 7 heteroatoms. The number of benzene rings is 2. The summed E-state index contributed by atoms with van der Waals surface area (Å²) in [6.07, 6.45) is 6.52. The maximum absolute atomic E-state index is 12.1. The van der Waals surface area contributed by atoms with E-state index < -0.39 is 0 Å². The van der Waals surface area contributed by atoms with Crippen LogP contribution in [0.5, 0.6) is 11.5 Å². The number of carbonyl (C=O) groups is 1. The van der Waals surface area contributed by atoms with Crippen LogP contribution >= 0.6 is 31.9 Å². The molecule has 0 aliphatic rings. The van der Waals surface area contributed by atoms with E-state index in [4.69, 9.17) is 18.9 Å². The van der Waals surface area contributed by atoms with Crippen molar-refractivity contribution < 1.29 is 23.7 Å². The highest BCUT2D eigenvalue weighted by atomic mass is 79.9. The fourth-order valence-corrected chi connectivity index (χ4v) is 3.15. The number of ether oxygens (including phenoxy) is 4. The molecule has 0 atom stereocenters. The van der Waals surface area contributed by atoms with Gasteiger partial charge in [0.15, 0.2) is 19.4 Å². The Hall–Kier alpha value is -1.93. The molecule has 28 heavy (non-hydrogen) atoms. The third kappa shape index (κ3) is 7.24. The van der Waals surface area contributed by atoms with E-state index in [1.165, 1.54) is 12.2 Å². The summed E-state index contributed by atoms with van der Waals surface area (Å²) in [4.78, 5) is 12.1. The quantitative estimate of drug-likeness (QED) is 0.312. The van der Waals surface area contributed by atoms with Gasteiger partial charge in [-0.3, -0.25) is 4.79 Å². The average Bonchev–Trinajstić information content (AvgIpc) is 2.69. The molecule has 0 amide bonds. The topological polar surface area (TPSA) is 54.0 Å². The number of hydrogen-bond donors (Lipinski definition) is 0. The molecule has 2 aromatic rings. The molecule has 0 fully saturated rings. The first-order valence-electron chi connectivity index (χ1n) is 8.26. The van der Waals surface area contributed by atoms with E-state index >= 15 is 0 Å². The van der Waals surface area contributed by atoms with Crippen LogP contribution in [0, 0.1) is 0 Å². The van der Waals surface area contributed by atoms with E-state index in [-0.39, 0.29) is 19.4 Å². The SMILES string of the molecule is COCOc1ccc(/C=C/C(=O)/C=C/c2ccc(OCOC)c(Br)c2)cc1Br. The van der Waals surface area contributed by atoms with Crippen molar-refractivity contribution in [3.8, 4) is 11.5 Å². The highest BCUT2D eigenvalue weighted by Gasteiger charge is 2.03. The van der Waals surface area contributed by atoms with Gasteiger partial charge in [-0.1, -0.05) is 24.3 Å². The molecule has 0 aliphatic heterocycles. The van der Waals surface area contributed by atoms with E-state index in [2.05, 4.69) is 31.9 Å². The summed E-state index contributed by atoms with van der Waals surface area (Å²) in [5.41, 5.74) is 1.75. The second-order valence-corrected chi connectivity index (χ2v) is 7.26. The number of allylic oxidation sites excluding steroid dienone is 2. The molecular formula is C21H20Br2O5. The van der Waals surface area contributed by atoms with E-state index in [0.29, 0.717) is 11.5 Å². The lowest BCUT2D eigenvalue weighted by Gasteiger charge is -2.07. The van der Waals surface area contributed by atoms with Gasteiger partial charge >= 0.3 is 0 Å². The molecule has 0 spiro atoms. The summed E-state index contributed by atoms with van der Waals surface area (Å²) >= 11 is 6.88. The Labute approximate surface area is 181 Å². The fraction of sp³-hybridized carbons (Fsp3) is 0.190. The highest BCUT2D eigenvalue weighted by Crippen LogP contribution is 2.27. The number of halogens is 2. The van der Waals surface area contributed by atoms with Gasteiger partial charge in [0.1, 0.15) is 11.5 Å². The van der Waals surface area contributed by atoms with Gasteiger partial charge in [0.2, 0.25) is 0 Å². The van der Waals surface area contributed by atoms with Crippen molar-refractivity contribution in [3.63, 3.8) is 0 Å². The molecule has 0 radical (unpaired) electrons. The van der Waals surface area contributed by atoms with E-state index in [1.54, 1.807) is 26.4 Å². The lowest BCUT2D eigenvalue weighted by Crippen LogP contribution is -1.99. The zero-order chi connectivity index (χ0) is 20.4. The van der Waals surface area contributed by atoms with Crippen LogP contribution in [0.3, 0.4) is 0 Å². The van der Waals surface area contributed by atoms with Crippen LogP contribution in [0.15, 0.2) is 57.5 Å². The predicted octanol–water partition coefficient (Wildman–Crippen LogP) is 5.47. The maximum atomic E-state index is 12.1. The molecule has 2 aromatic carbocycles. The Bertz CT molecular complexity index is 792. The molecule has 148 valence electrons. The molecule has 0 saturated carbocycles. The smallest absolute Gasteiger partial charge is 0.188 e. The Morgan fingerprint density at radius 2 is 1.25 bits per heavy atom. The lowest BCUT2D eigenvalue weighted by molar-refractivity contribution is -0.110. The molecule has 0 bridgehead atoms. The molecule has 0 saturated heterocycles. The zero-order valence-electron chi connectivity index (χ0n) is 15.5. The number of methoxy groups -OCH3 is 2. The second kappa shape index (κ2) is 11.8. The average molecular weight is 512 g/mol. The maximum Gasteiger partial charge on any atom is 0.188 e. The van der Waals surface area contributed by atoms with Crippen molar-refractivity contribution >= 4 is 49.8 Å². The number of carbonyl (C=O) groups excluding carboxylic acids is 1. The summed E-state index contributed by atoms with van der Waals surface area (Å²) in [6, 6.07) is 11.1. The molecule has 0 unspecified atom stereocenters. The van der Waals surface area contributed by atoms with Gasteiger partial charge in [0, 0.05) is 14.2 Å². The van der Waals surface area contributed by atoms with Crippen molar-refractivity contribution in [2.45, 2.75) is 0 Å². The van der Waals surface area contributed by atoms with Gasteiger partial charge < -0.3 is 18.9 Å². The molecule has 0 aromatic heterocycles. The summed E-state index contributed by atoms with van der Waals surface area (Å²) in [6.45, 7) is 0.347. The Kier molecular flexibility index (Phi) is 9.43. The van der Waals surface area contributed by atoms with E-state index in [1.807, 2.05) is 36.4 Å². The Morgan fingerprint density at radius 1 is 0.821 bits per heavy atom. The van der Waals surface area contributed by atoms with Gasteiger partial charge in [-0.15, -0.1) is 0 Å². The van der Waals surface area contributed by atoms with Gasteiger partial charge in [-0.2, -0.15) is 0 Å². The molecule has 0 heterocycles. The van der Waals surface area contributed by atoms with Crippen molar-refractivity contribution in [2.75, 3.05) is 27.8 Å². The van der Waals surface area contributed by atoms with E-state index in [9.17, 15) is 4.79 Å². The van der Waals surface area contributed by atoms with Gasteiger partial charge in [0.25, 0.3) is 0 Å². The van der Waals surface area contributed by atoms with E-state index in [0.717, 1.165) is 20.1 Å². The summed E-state index contributed by atoms with van der Waals surface area (Å²) < 4.78 is 22.1. The van der Waals surface area contributed by atoms with Crippen LogP contribution in [0.1, 0.15) is 11.1 Å². The standard InChI is InChI=1S/C21H20Br2O5/c1-25-13-27-20-9-5-15(11-18(20)22)3-7-17(24)8-4-16-6-10-21(19(23)12-16)28-14-26-2/h3-12H,13-14H2,1-2H3/b7-3+,8-4+. The lowest BCUT2D eigenvalue weighted by atomic mass is 10.1. The zero-order valence-corrected chi connectivity index (χ0v) is 18.7. The third-order valence-electron chi connectivity index (χ3n) is 3.46. The molecule has 2 rings (SSSR count). The fourth-order valence-electron chi connectivity index (χ4n) is 2.13. The van der Waals surface area contributed by atoms with Crippen LogP contribution in [0.25, 0.3) is 12.2 Å². The van der Waals surface area contributed by atoms with Gasteiger partial charge in [0.05, 0.1) is 8.95 Å². The minimum Gasteiger partial charge on any atom is -0.466 e. The second-order valence-electron chi connectivity index (χ2n) is 5.55. The highest BCUT2D eigenvalue weighted by molar-refractivity contribution is 9.10. The first-order chi connectivity index (χ1) is 13.5. The minimum absolute atomic E-state index is 0.119. The largest absolute Gasteiger partial charge is 0.466 e. The third-order valence-corrected chi connectivity index (χ3v) is 4.70. The predicted molar refractivity (Wildman–Crippen MR) is 116 cm³/mol. The van der Waals surface area contributed by atoms with Crippen LogP contribution in [-0.4, -0.2) is 33.6 Å².